The number of carbonyl (C=O) groups is 1. The molecular formula is C13H18Br2N2O3. The highest BCUT2D eigenvalue weighted by Gasteiger charge is 2.08. The Kier molecular flexibility index (Phi) is 8.13. The first kappa shape index (κ1) is 17.4. The van der Waals surface area contributed by atoms with Crippen LogP contribution in [0.1, 0.15) is 5.56 Å². The fraction of sp³-hybridized carbons (Fsp3) is 0.462. The Morgan fingerprint density at radius 3 is 2.45 bits per heavy atom. The van der Waals surface area contributed by atoms with Crippen LogP contribution in [0.15, 0.2) is 21.1 Å². The summed E-state index contributed by atoms with van der Waals surface area (Å²) in [5, 5.41) is 5.83. The summed E-state index contributed by atoms with van der Waals surface area (Å²) >= 11 is 6.89. The zero-order valence-corrected chi connectivity index (χ0v) is 14.6. The van der Waals surface area contributed by atoms with Gasteiger partial charge in [-0.3, -0.25) is 4.79 Å². The van der Waals surface area contributed by atoms with Crippen molar-refractivity contribution in [3.8, 4) is 5.75 Å². The first-order chi connectivity index (χ1) is 9.58. The fourth-order valence-electron chi connectivity index (χ4n) is 1.58. The van der Waals surface area contributed by atoms with E-state index in [1.54, 1.807) is 14.2 Å². The number of amides is 1. The van der Waals surface area contributed by atoms with Crippen molar-refractivity contribution in [2.24, 2.45) is 0 Å². The SMILES string of the molecule is COCCNC(=O)CNCc1cc(Br)c(OC)c(Br)c1. The van der Waals surface area contributed by atoms with Crippen LogP contribution in [0, 0.1) is 0 Å². The molecule has 20 heavy (non-hydrogen) atoms. The van der Waals surface area contributed by atoms with E-state index >= 15 is 0 Å². The van der Waals surface area contributed by atoms with Crippen LogP contribution in [0.4, 0.5) is 0 Å². The monoisotopic (exact) mass is 408 g/mol. The minimum Gasteiger partial charge on any atom is -0.494 e. The second-order valence-electron chi connectivity index (χ2n) is 4.04. The van der Waals surface area contributed by atoms with Gasteiger partial charge in [0.15, 0.2) is 0 Å². The molecule has 0 fully saturated rings. The lowest BCUT2D eigenvalue weighted by atomic mass is 10.2. The minimum absolute atomic E-state index is 0.0475. The number of hydrogen-bond donors (Lipinski definition) is 2. The maximum absolute atomic E-state index is 11.5. The van der Waals surface area contributed by atoms with Crippen LogP contribution >= 0.6 is 31.9 Å². The lowest BCUT2D eigenvalue weighted by Gasteiger charge is -2.10. The summed E-state index contributed by atoms with van der Waals surface area (Å²) < 4.78 is 11.8. The third kappa shape index (κ3) is 5.78. The molecule has 0 saturated heterocycles. The smallest absolute Gasteiger partial charge is 0.234 e. The summed E-state index contributed by atoms with van der Waals surface area (Å²) in [7, 11) is 3.22. The maximum atomic E-state index is 11.5. The van der Waals surface area contributed by atoms with Crippen molar-refractivity contribution in [3.05, 3.63) is 26.6 Å². The van der Waals surface area contributed by atoms with Gasteiger partial charge in [0.2, 0.25) is 5.91 Å². The zero-order chi connectivity index (χ0) is 15.0. The Balaban J connectivity index is 2.41. The molecule has 0 aromatic heterocycles. The van der Waals surface area contributed by atoms with Crippen LogP contribution in [0.5, 0.6) is 5.75 Å². The zero-order valence-electron chi connectivity index (χ0n) is 11.5. The number of nitrogens with one attached hydrogen (secondary N) is 2. The number of carbonyl (C=O) groups excluding carboxylic acids is 1. The highest BCUT2D eigenvalue weighted by Crippen LogP contribution is 2.34. The summed E-state index contributed by atoms with van der Waals surface area (Å²) in [5.74, 6) is 0.708. The number of ether oxygens (including phenoxy) is 2. The average molecular weight is 410 g/mol. The van der Waals surface area contributed by atoms with E-state index in [2.05, 4.69) is 42.5 Å². The number of methoxy groups -OCH3 is 2. The third-order valence-electron chi connectivity index (χ3n) is 2.51. The molecule has 0 aliphatic heterocycles. The van der Waals surface area contributed by atoms with E-state index in [1.807, 2.05) is 12.1 Å². The van der Waals surface area contributed by atoms with Crippen LogP contribution in [0.25, 0.3) is 0 Å². The first-order valence-electron chi connectivity index (χ1n) is 6.06. The van der Waals surface area contributed by atoms with E-state index in [0.29, 0.717) is 19.7 Å². The summed E-state index contributed by atoms with van der Waals surface area (Å²) in [6, 6.07) is 3.92. The highest BCUT2D eigenvalue weighted by atomic mass is 79.9. The Bertz CT molecular complexity index is 432. The molecule has 0 radical (unpaired) electrons. The van der Waals surface area contributed by atoms with Crippen LogP contribution in [0.2, 0.25) is 0 Å². The van der Waals surface area contributed by atoms with E-state index in [-0.39, 0.29) is 12.5 Å². The van der Waals surface area contributed by atoms with E-state index in [1.165, 1.54) is 0 Å². The van der Waals surface area contributed by atoms with Gasteiger partial charge in [0, 0.05) is 20.2 Å². The number of hydrogen-bond acceptors (Lipinski definition) is 4. The lowest BCUT2D eigenvalue weighted by molar-refractivity contribution is -0.120. The van der Waals surface area contributed by atoms with Crippen molar-refractivity contribution in [1.82, 2.24) is 10.6 Å². The van der Waals surface area contributed by atoms with E-state index in [0.717, 1.165) is 20.3 Å². The van der Waals surface area contributed by atoms with Crippen molar-refractivity contribution >= 4 is 37.8 Å². The molecule has 0 spiro atoms. The molecule has 2 N–H and O–H groups in total. The quantitative estimate of drug-likeness (QED) is 0.645. The molecule has 0 atom stereocenters. The summed E-state index contributed by atoms with van der Waals surface area (Å²) in [4.78, 5) is 11.5. The molecule has 1 aromatic rings. The Morgan fingerprint density at radius 2 is 1.90 bits per heavy atom. The second kappa shape index (κ2) is 9.33. The van der Waals surface area contributed by atoms with Gasteiger partial charge in [-0.2, -0.15) is 0 Å². The van der Waals surface area contributed by atoms with Gasteiger partial charge < -0.3 is 20.1 Å². The van der Waals surface area contributed by atoms with Gasteiger partial charge in [0.1, 0.15) is 5.75 Å². The Hall–Kier alpha value is -0.630. The molecule has 5 nitrogen and oxygen atoms in total. The molecular weight excluding hydrogens is 392 g/mol. The predicted molar refractivity (Wildman–Crippen MR) is 85.0 cm³/mol. The molecule has 0 bridgehead atoms. The van der Waals surface area contributed by atoms with Gasteiger partial charge in [-0.1, -0.05) is 0 Å². The van der Waals surface area contributed by atoms with Gasteiger partial charge in [0.25, 0.3) is 0 Å². The molecule has 1 rings (SSSR count). The molecule has 7 heteroatoms. The molecule has 1 aromatic carbocycles. The number of rotatable bonds is 8. The van der Waals surface area contributed by atoms with E-state index < -0.39 is 0 Å². The lowest BCUT2D eigenvalue weighted by Crippen LogP contribution is -2.35. The van der Waals surface area contributed by atoms with Crippen molar-refractivity contribution in [1.29, 1.82) is 0 Å². The minimum atomic E-state index is -0.0475. The van der Waals surface area contributed by atoms with Gasteiger partial charge >= 0.3 is 0 Å². The number of halogens is 2. The summed E-state index contributed by atoms with van der Waals surface area (Å²) in [6.45, 7) is 1.91. The predicted octanol–water partition coefficient (Wildman–Crippen LogP) is 2.07. The Morgan fingerprint density at radius 1 is 1.25 bits per heavy atom. The van der Waals surface area contributed by atoms with Crippen molar-refractivity contribution in [2.45, 2.75) is 6.54 Å². The molecule has 0 aliphatic carbocycles. The van der Waals surface area contributed by atoms with Crippen LogP contribution in [0.3, 0.4) is 0 Å². The van der Waals surface area contributed by atoms with Gasteiger partial charge in [0.05, 0.1) is 29.2 Å². The molecule has 0 aliphatic rings. The van der Waals surface area contributed by atoms with Crippen LogP contribution < -0.4 is 15.4 Å². The van der Waals surface area contributed by atoms with E-state index in [9.17, 15) is 4.79 Å². The molecule has 112 valence electrons. The highest BCUT2D eigenvalue weighted by molar-refractivity contribution is 9.11. The van der Waals surface area contributed by atoms with Gasteiger partial charge in [-0.05, 0) is 49.6 Å². The first-order valence-corrected chi connectivity index (χ1v) is 7.65. The molecule has 0 saturated carbocycles. The van der Waals surface area contributed by atoms with E-state index in [4.69, 9.17) is 9.47 Å². The summed E-state index contributed by atoms with van der Waals surface area (Å²) in [5.41, 5.74) is 1.05. The normalized spacial score (nSPS) is 10.4. The average Bonchev–Trinajstić information content (AvgIpc) is 2.39. The largest absolute Gasteiger partial charge is 0.494 e. The fourth-order valence-corrected chi connectivity index (χ4v) is 3.19. The standard InChI is InChI=1S/C13H18Br2N2O3/c1-19-4-3-17-12(18)8-16-7-9-5-10(14)13(20-2)11(15)6-9/h5-6,16H,3-4,7-8H2,1-2H3,(H,17,18). The Labute approximate surface area is 135 Å². The van der Waals surface area contributed by atoms with Gasteiger partial charge in [-0.15, -0.1) is 0 Å². The molecule has 0 unspecified atom stereocenters. The van der Waals surface area contributed by atoms with Crippen molar-refractivity contribution in [3.63, 3.8) is 0 Å². The summed E-state index contributed by atoms with van der Waals surface area (Å²) in [6.07, 6.45) is 0. The van der Waals surface area contributed by atoms with Gasteiger partial charge in [-0.25, -0.2) is 0 Å². The van der Waals surface area contributed by atoms with Crippen molar-refractivity contribution in [2.75, 3.05) is 33.9 Å². The third-order valence-corrected chi connectivity index (χ3v) is 3.68. The molecule has 0 heterocycles. The maximum Gasteiger partial charge on any atom is 0.234 e. The van der Waals surface area contributed by atoms with Crippen LogP contribution in [-0.4, -0.2) is 39.8 Å². The molecule has 1 amide bonds. The number of benzene rings is 1. The van der Waals surface area contributed by atoms with Crippen LogP contribution in [-0.2, 0) is 16.1 Å². The topological polar surface area (TPSA) is 59.6 Å². The second-order valence-corrected chi connectivity index (χ2v) is 5.75. The van der Waals surface area contributed by atoms with Crippen molar-refractivity contribution < 1.29 is 14.3 Å².